The van der Waals surface area contributed by atoms with Crippen molar-refractivity contribution in [3.8, 4) is 10.6 Å². The van der Waals surface area contributed by atoms with Gasteiger partial charge in [0.05, 0.1) is 12.2 Å². The molecule has 0 bridgehead atoms. The highest BCUT2D eigenvalue weighted by Gasteiger charge is 2.27. The molecule has 186 valence electrons. The number of hydrogen-bond donors (Lipinski definition) is 1. The number of halogens is 1. The molecule has 0 aliphatic heterocycles. The van der Waals surface area contributed by atoms with E-state index >= 15 is 0 Å². The first-order chi connectivity index (χ1) is 17.1. The number of aromatic nitrogens is 2. The third-order valence-electron chi connectivity index (χ3n) is 5.35. The number of rotatable bonds is 8. The molecule has 11 heteroatoms. The third kappa shape index (κ3) is 5.59. The highest BCUT2D eigenvalue weighted by atomic mass is 32.2. The van der Waals surface area contributed by atoms with Crippen LogP contribution in [0.4, 0.5) is 15.2 Å². The number of aryl methyl sites for hydroxylation is 1. The van der Waals surface area contributed by atoms with E-state index in [0.717, 1.165) is 19.7 Å². The predicted molar refractivity (Wildman–Crippen MR) is 140 cm³/mol. The molecule has 0 spiro atoms. The summed E-state index contributed by atoms with van der Waals surface area (Å²) in [6.45, 7) is 1.89. The van der Waals surface area contributed by atoms with Gasteiger partial charge in [0.25, 0.3) is 5.91 Å². The van der Waals surface area contributed by atoms with Crippen molar-refractivity contribution in [1.82, 2.24) is 14.5 Å². The van der Waals surface area contributed by atoms with Crippen LogP contribution in [0.15, 0.2) is 72.8 Å². The lowest BCUT2D eigenvalue weighted by Crippen LogP contribution is -2.40. The van der Waals surface area contributed by atoms with Crippen molar-refractivity contribution >= 4 is 38.3 Å². The molecule has 36 heavy (non-hydrogen) atoms. The minimum absolute atomic E-state index is 0.0614. The zero-order valence-electron chi connectivity index (χ0n) is 19.8. The van der Waals surface area contributed by atoms with Gasteiger partial charge in [-0.3, -0.25) is 14.4 Å². The Kier molecular flexibility index (Phi) is 7.43. The molecule has 0 fully saturated rings. The fraction of sp³-hybridized carbons (Fsp3) is 0.160. The molecule has 0 saturated carbocycles. The normalized spacial score (nSPS) is 11.5. The van der Waals surface area contributed by atoms with Gasteiger partial charge in [-0.25, -0.2) is 4.39 Å². The minimum Gasteiger partial charge on any atom is -0.296 e. The average molecular weight is 526 g/mol. The maximum atomic E-state index is 14.5. The topological polar surface area (TPSA) is 95.5 Å². The van der Waals surface area contributed by atoms with E-state index in [1.165, 1.54) is 43.6 Å². The molecule has 3 aromatic carbocycles. The van der Waals surface area contributed by atoms with E-state index in [1.54, 1.807) is 30.3 Å². The summed E-state index contributed by atoms with van der Waals surface area (Å²) in [5, 5.41) is 12.0. The number of benzene rings is 3. The van der Waals surface area contributed by atoms with Crippen molar-refractivity contribution in [2.24, 2.45) is 0 Å². The van der Waals surface area contributed by atoms with Gasteiger partial charge < -0.3 is 0 Å². The monoisotopic (exact) mass is 525 g/mol. The van der Waals surface area contributed by atoms with E-state index in [0.29, 0.717) is 21.3 Å². The summed E-state index contributed by atoms with van der Waals surface area (Å²) in [4.78, 5) is 12.7. The Morgan fingerprint density at radius 1 is 0.972 bits per heavy atom. The molecule has 1 N–H and O–H groups in total. The number of hydrogen-bond acceptors (Lipinski definition) is 6. The van der Waals surface area contributed by atoms with Crippen LogP contribution in [-0.2, 0) is 16.8 Å². The second-order valence-electron chi connectivity index (χ2n) is 8.18. The summed E-state index contributed by atoms with van der Waals surface area (Å²) < 4.78 is 42.3. The maximum absolute atomic E-state index is 14.5. The minimum atomic E-state index is -3.97. The van der Waals surface area contributed by atoms with Crippen molar-refractivity contribution < 1.29 is 17.6 Å². The van der Waals surface area contributed by atoms with Gasteiger partial charge in [0.1, 0.15) is 10.8 Å². The zero-order chi connectivity index (χ0) is 25.9. The van der Waals surface area contributed by atoms with Crippen LogP contribution in [0.1, 0.15) is 21.5 Å². The number of carbonyl (C=O) groups is 1. The molecular weight excluding hydrogens is 501 g/mol. The Balaban J connectivity index is 1.49. The Morgan fingerprint density at radius 2 is 1.64 bits per heavy atom. The van der Waals surface area contributed by atoms with E-state index in [4.69, 9.17) is 0 Å². The van der Waals surface area contributed by atoms with E-state index in [-0.39, 0.29) is 18.1 Å². The molecule has 1 amide bonds. The quantitative estimate of drug-likeness (QED) is 0.359. The molecule has 0 unspecified atom stereocenters. The van der Waals surface area contributed by atoms with Gasteiger partial charge in [-0.15, -0.1) is 10.2 Å². The Labute approximate surface area is 213 Å². The average Bonchev–Trinajstić information content (AvgIpc) is 3.32. The summed E-state index contributed by atoms with van der Waals surface area (Å²) in [7, 11) is -1.20. The first kappa shape index (κ1) is 25.4. The standard InChI is InChI=1S/C25H24FN5O3S2/c1-17-8-12-20(13-9-17)24-28-29-25(35-24)27-23(32)19-14-10-18(11-15-19)16-31(36(33,34)30(2)3)22-7-5-4-6-21(22)26/h4-15H,16H2,1-3H3,(H,27,29,32). The van der Waals surface area contributed by atoms with Gasteiger partial charge >= 0.3 is 10.2 Å². The lowest BCUT2D eigenvalue weighted by molar-refractivity contribution is 0.102. The van der Waals surface area contributed by atoms with Crippen LogP contribution < -0.4 is 9.62 Å². The predicted octanol–water partition coefficient (Wildman–Crippen LogP) is 4.72. The van der Waals surface area contributed by atoms with Crippen LogP contribution in [0, 0.1) is 12.7 Å². The van der Waals surface area contributed by atoms with Crippen molar-refractivity contribution in [2.75, 3.05) is 23.7 Å². The molecule has 8 nitrogen and oxygen atoms in total. The summed E-state index contributed by atoms with van der Waals surface area (Å²) in [6, 6.07) is 19.9. The van der Waals surface area contributed by atoms with Crippen molar-refractivity contribution in [3.05, 3.63) is 95.3 Å². The molecular formula is C25H24FN5O3S2. The van der Waals surface area contributed by atoms with Crippen LogP contribution in [0.2, 0.25) is 0 Å². The molecule has 0 radical (unpaired) electrons. The maximum Gasteiger partial charge on any atom is 0.303 e. The number of carbonyl (C=O) groups excluding carboxylic acids is 1. The third-order valence-corrected chi connectivity index (χ3v) is 8.04. The fourth-order valence-electron chi connectivity index (χ4n) is 3.33. The highest BCUT2D eigenvalue weighted by molar-refractivity contribution is 7.90. The zero-order valence-corrected chi connectivity index (χ0v) is 21.5. The van der Waals surface area contributed by atoms with Gasteiger partial charge in [-0.05, 0) is 36.8 Å². The molecule has 0 saturated heterocycles. The van der Waals surface area contributed by atoms with Crippen molar-refractivity contribution in [1.29, 1.82) is 0 Å². The molecule has 0 aliphatic carbocycles. The second kappa shape index (κ2) is 10.5. The summed E-state index contributed by atoms with van der Waals surface area (Å²) in [5.41, 5.74) is 2.93. The lowest BCUT2D eigenvalue weighted by atomic mass is 10.1. The summed E-state index contributed by atoms with van der Waals surface area (Å²) in [6.07, 6.45) is 0. The van der Waals surface area contributed by atoms with Crippen LogP contribution in [-0.4, -0.2) is 42.9 Å². The van der Waals surface area contributed by atoms with Gasteiger partial charge in [-0.2, -0.15) is 12.7 Å². The number of para-hydroxylation sites is 1. The van der Waals surface area contributed by atoms with Gasteiger partial charge in [0.2, 0.25) is 5.13 Å². The van der Waals surface area contributed by atoms with E-state index in [2.05, 4.69) is 15.5 Å². The summed E-state index contributed by atoms with van der Waals surface area (Å²) in [5.74, 6) is -1.03. The largest absolute Gasteiger partial charge is 0.303 e. The Morgan fingerprint density at radius 3 is 2.28 bits per heavy atom. The SMILES string of the molecule is Cc1ccc(-c2nnc(NC(=O)c3ccc(CN(c4ccccc4F)S(=O)(=O)N(C)C)cc3)s2)cc1. The number of nitrogens with one attached hydrogen (secondary N) is 1. The first-order valence-electron chi connectivity index (χ1n) is 10.9. The Bertz CT molecular complexity index is 1470. The van der Waals surface area contributed by atoms with E-state index in [1.807, 2.05) is 31.2 Å². The highest BCUT2D eigenvalue weighted by Crippen LogP contribution is 2.28. The number of nitrogens with zero attached hydrogens (tertiary/aromatic N) is 4. The first-order valence-corrected chi connectivity index (χ1v) is 13.1. The van der Waals surface area contributed by atoms with Crippen LogP contribution in [0.3, 0.4) is 0 Å². The lowest BCUT2D eigenvalue weighted by Gasteiger charge is -2.27. The molecule has 1 aromatic heterocycles. The van der Waals surface area contributed by atoms with E-state index in [9.17, 15) is 17.6 Å². The Hall–Kier alpha value is -3.67. The molecule has 0 atom stereocenters. The number of anilines is 2. The fourth-order valence-corrected chi connectivity index (χ4v) is 5.17. The van der Waals surface area contributed by atoms with Gasteiger partial charge in [-0.1, -0.05) is 65.4 Å². The molecule has 4 aromatic rings. The van der Waals surface area contributed by atoms with Crippen LogP contribution >= 0.6 is 11.3 Å². The van der Waals surface area contributed by atoms with Crippen LogP contribution in [0.5, 0.6) is 0 Å². The smallest absolute Gasteiger partial charge is 0.296 e. The molecule has 1 heterocycles. The number of amides is 1. The van der Waals surface area contributed by atoms with E-state index < -0.39 is 16.0 Å². The van der Waals surface area contributed by atoms with Gasteiger partial charge in [0, 0.05) is 25.2 Å². The molecule has 4 rings (SSSR count). The molecule has 0 aliphatic rings. The van der Waals surface area contributed by atoms with Crippen molar-refractivity contribution in [3.63, 3.8) is 0 Å². The summed E-state index contributed by atoms with van der Waals surface area (Å²) >= 11 is 1.26. The second-order valence-corrected chi connectivity index (χ2v) is 11.2. The van der Waals surface area contributed by atoms with Crippen LogP contribution in [0.25, 0.3) is 10.6 Å². The van der Waals surface area contributed by atoms with Crippen molar-refractivity contribution in [2.45, 2.75) is 13.5 Å². The van der Waals surface area contributed by atoms with Gasteiger partial charge in [0.15, 0.2) is 0 Å².